The van der Waals surface area contributed by atoms with Gasteiger partial charge in [0, 0.05) is 38.4 Å². The molecule has 2 unspecified atom stereocenters. The summed E-state index contributed by atoms with van der Waals surface area (Å²) in [4.78, 5) is 4.94. The summed E-state index contributed by atoms with van der Waals surface area (Å²) in [6.45, 7) is 6.60. The van der Waals surface area contributed by atoms with E-state index in [0.717, 1.165) is 19.0 Å². The monoisotopic (exact) mass is 273 g/mol. The SMILES string of the molecule is CCC1CCN(C(CN)c2ccc3c(c2)CCN3C)C1. The van der Waals surface area contributed by atoms with Crippen LogP contribution >= 0.6 is 0 Å². The Morgan fingerprint density at radius 1 is 1.35 bits per heavy atom. The highest BCUT2D eigenvalue weighted by Gasteiger charge is 2.28. The van der Waals surface area contributed by atoms with Gasteiger partial charge in [0.25, 0.3) is 0 Å². The number of anilines is 1. The van der Waals surface area contributed by atoms with E-state index in [4.69, 9.17) is 5.73 Å². The molecule has 1 aromatic rings. The van der Waals surface area contributed by atoms with Gasteiger partial charge < -0.3 is 10.6 Å². The Labute approximate surface area is 122 Å². The molecule has 0 amide bonds. The quantitative estimate of drug-likeness (QED) is 0.914. The summed E-state index contributed by atoms with van der Waals surface area (Å²) in [7, 11) is 2.18. The molecule has 20 heavy (non-hydrogen) atoms. The molecule has 3 rings (SSSR count). The highest BCUT2D eigenvalue weighted by Crippen LogP contribution is 2.33. The van der Waals surface area contributed by atoms with Gasteiger partial charge in [-0.05, 0) is 42.5 Å². The molecule has 3 heteroatoms. The second kappa shape index (κ2) is 5.74. The number of likely N-dealkylation sites (tertiary alicyclic amines) is 1. The Kier molecular flexibility index (Phi) is 3.99. The molecular weight excluding hydrogens is 246 g/mol. The zero-order valence-corrected chi connectivity index (χ0v) is 12.8. The normalized spacial score (nSPS) is 24.1. The molecule has 0 radical (unpaired) electrons. The van der Waals surface area contributed by atoms with Crippen molar-refractivity contribution in [3.8, 4) is 0 Å². The molecule has 2 heterocycles. The average Bonchev–Trinajstić information content (AvgIpc) is 3.07. The van der Waals surface area contributed by atoms with Crippen LogP contribution in [0.1, 0.15) is 36.9 Å². The molecule has 2 N–H and O–H groups in total. The van der Waals surface area contributed by atoms with Crippen LogP contribution in [0.25, 0.3) is 0 Å². The summed E-state index contributed by atoms with van der Waals surface area (Å²) in [5.41, 5.74) is 10.4. The number of likely N-dealkylation sites (N-methyl/N-ethyl adjacent to an activating group) is 1. The van der Waals surface area contributed by atoms with Gasteiger partial charge in [0.15, 0.2) is 0 Å². The topological polar surface area (TPSA) is 32.5 Å². The first-order valence-electron chi connectivity index (χ1n) is 8.01. The Morgan fingerprint density at radius 3 is 2.90 bits per heavy atom. The molecule has 2 aliphatic heterocycles. The van der Waals surface area contributed by atoms with Crippen LogP contribution in [0.15, 0.2) is 18.2 Å². The Bertz CT molecular complexity index is 471. The highest BCUT2D eigenvalue weighted by molar-refractivity contribution is 5.58. The molecule has 2 atom stereocenters. The largest absolute Gasteiger partial charge is 0.374 e. The number of nitrogens with two attached hydrogens (primary N) is 1. The van der Waals surface area contributed by atoms with Crippen molar-refractivity contribution in [2.24, 2.45) is 11.7 Å². The molecule has 0 aromatic heterocycles. The maximum atomic E-state index is 6.09. The fraction of sp³-hybridized carbons (Fsp3) is 0.647. The standard InChI is InChI=1S/C17H27N3/c1-3-13-6-9-20(12-13)17(11-18)14-4-5-16-15(10-14)7-8-19(16)2/h4-5,10,13,17H,3,6-9,11-12,18H2,1-2H3. The molecular formula is C17H27N3. The van der Waals surface area contributed by atoms with Crippen LogP contribution in [0.5, 0.6) is 0 Å². The lowest BCUT2D eigenvalue weighted by Gasteiger charge is -2.27. The second-order valence-electron chi connectivity index (χ2n) is 6.37. The summed E-state index contributed by atoms with van der Waals surface area (Å²) in [6.07, 6.45) is 3.80. The van der Waals surface area contributed by atoms with Crippen molar-refractivity contribution in [3.63, 3.8) is 0 Å². The van der Waals surface area contributed by atoms with Crippen molar-refractivity contribution in [2.45, 2.75) is 32.2 Å². The van der Waals surface area contributed by atoms with E-state index in [1.807, 2.05) is 0 Å². The van der Waals surface area contributed by atoms with Crippen LogP contribution in [0.4, 0.5) is 5.69 Å². The molecule has 3 nitrogen and oxygen atoms in total. The minimum atomic E-state index is 0.405. The highest BCUT2D eigenvalue weighted by atomic mass is 15.2. The first-order chi connectivity index (χ1) is 9.72. The third-order valence-corrected chi connectivity index (χ3v) is 5.17. The van der Waals surface area contributed by atoms with Crippen molar-refractivity contribution in [1.29, 1.82) is 0 Å². The maximum absolute atomic E-state index is 6.09. The molecule has 2 aliphatic rings. The molecule has 0 saturated carbocycles. The zero-order chi connectivity index (χ0) is 14.1. The van der Waals surface area contributed by atoms with Gasteiger partial charge in [0.1, 0.15) is 0 Å². The van der Waals surface area contributed by atoms with Gasteiger partial charge in [-0.2, -0.15) is 0 Å². The lowest BCUT2D eigenvalue weighted by molar-refractivity contribution is 0.241. The van der Waals surface area contributed by atoms with Crippen LogP contribution in [0, 0.1) is 5.92 Å². The van der Waals surface area contributed by atoms with Crippen molar-refractivity contribution in [2.75, 3.05) is 38.1 Å². The van der Waals surface area contributed by atoms with E-state index >= 15 is 0 Å². The Morgan fingerprint density at radius 2 is 2.20 bits per heavy atom. The number of hydrogen-bond donors (Lipinski definition) is 1. The lowest BCUT2D eigenvalue weighted by atomic mass is 10.0. The molecule has 1 aromatic carbocycles. The summed E-state index contributed by atoms with van der Waals surface area (Å²) < 4.78 is 0. The average molecular weight is 273 g/mol. The van der Waals surface area contributed by atoms with E-state index < -0.39 is 0 Å². The van der Waals surface area contributed by atoms with Crippen LogP contribution in [0.3, 0.4) is 0 Å². The number of benzene rings is 1. The summed E-state index contributed by atoms with van der Waals surface area (Å²) in [6, 6.07) is 7.38. The molecule has 0 spiro atoms. The predicted molar refractivity (Wildman–Crippen MR) is 85.2 cm³/mol. The van der Waals surface area contributed by atoms with E-state index in [1.165, 1.54) is 49.2 Å². The Balaban J connectivity index is 1.80. The fourth-order valence-electron chi connectivity index (χ4n) is 3.77. The van der Waals surface area contributed by atoms with Crippen molar-refractivity contribution >= 4 is 5.69 Å². The summed E-state index contributed by atoms with van der Waals surface area (Å²) in [5.74, 6) is 0.865. The predicted octanol–water partition coefficient (Wildman–Crippen LogP) is 2.41. The second-order valence-corrected chi connectivity index (χ2v) is 6.37. The third kappa shape index (κ3) is 2.45. The van der Waals surface area contributed by atoms with Crippen LogP contribution in [-0.2, 0) is 6.42 Å². The van der Waals surface area contributed by atoms with E-state index in [1.54, 1.807) is 0 Å². The number of hydrogen-bond acceptors (Lipinski definition) is 3. The van der Waals surface area contributed by atoms with Gasteiger partial charge in [-0.15, -0.1) is 0 Å². The molecule has 1 fully saturated rings. The Hall–Kier alpha value is -1.06. The fourth-order valence-corrected chi connectivity index (χ4v) is 3.77. The minimum absolute atomic E-state index is 0.405. The number of fused-ring (bicyclic) bond motifs is 1. The first kappa shape index (κ1) is 13.9. The minimum Gasteiger partial charge on any atom is -0.374 e. The van der Waals surface area contributed by atoms with Crippen molar-refractivity contribution in [1.82, 2.24) is 4.90 Å². The smallest absolute Gasteiger partial charge is 0.0470 e. The summed E-state index contributed by atoms with van der Waals surface area (Å²) in [5, 5.41) is 0. The van der Waals surface area contributed by atoms with Crippen molar-refractivity contribution in [3.05, 3.63) is 29.3 Å². The van der Waals surface area contributed by atoms with Crippen molar-refractivity contribution < 1.29 is 0 Å². The lowest BCUT2D eigenvalue weighted by Crippen LogP contribution is -2.32. The van der Waals surface area contributed by atoms with Gasteiger partial charge >= 0.3 is 0 Å². The van der Waals surface area contributed by atoms with Crippen LogP contribution in [0.2, 0.25) is 0 Å². The van der Waals surface area contributed by atoms with Crippen LogP contribution in [-0.4, -0.2) is 38.1 Å². The van der Waals surface area contributed by atoms with Gasteiger partial charge in [-0.25, -0.2) is 0 Å². The number of rotatable bonds is 4. The van der Waals surface area contributed by atoms with Gasteiger partial charge in [-0.1, -0.05) is 25.5 Å². The van der Waals surface area contributed by atoms with Gasteiger partial charge in [0.05, 0.1) is 0 Å². The van der Waals surface area contributed by atoms with Crippen LogP contribution < -0.4 is 10.6 Å². The van der Waals surface area contributed by atoms with Gasteiger partial charge in [-0.3, -0.25) is 4.90 Å². The molecule has 1 saturated heterocycles. The van der Waals surface area contributed by atoms with E-state index in [0.29, 0.717) is 6.04 Å². The molecule has 110 valence electrons. The zero-order valence-electron chi connectivity index (χ0n) is 12.8. The third-order valence-electron chi connectivity index (χ3n) is 5.17. The first-order valence-corrected chi connectivity index (χ1v) is 8.01. The van der Waals surface area contributed by atoms with E-state index in [-0.39, 0.29) is 0 Å². The number of nitrogens with zero attached hydrogens (tertiary/aromatic N) is 2. The van der Waals surface area contributed by atoms with Gasteiger partial charge in [0.2, 0.25) is 0 Å². The van der Waals surface area contributed by atoms with E-state index in [2.05, 4.69) is 42.0 Å². The summed E-state index contributed by atoms with van der Waals surface area (Å²) >= 11 is 0. The molecule has 0 bridgehead atoms. The van der Waals surface area contributed by atoms with E-state index in [9.17, 15) is 0 Å². The molecule has 0 aliphatic carbocycles. The maximum Gasteiger partial charge on any atom is 0.0470 e.